The summed E-state index contributed by atoms with van der Waals surface area (Å²) in [6, 6.07) is 8.15. The highest BCUT2D eigenvalue weighted by Crippen LogP contribution is 2.27. The van der Waals surface area contributed by atoms with E-state index >= 15 is 0 Å². The van der Waals surface area contributed by atoms with Gasteiger partial charge in [0.25, 0.3) is 11.8 Å². The number of amides is 2. The quantitative estimate of drug-likeness (QED) is 0.848. The zero-order valence-electron chi connectivity index (χ0n) is 14.2. The summed E-state index contributed by atoms with van der Waals surface area (Å²) in [6.07, 6.45) is -3.73. The van der Waals surface area contributed by atoms with Crippen LogP contribution in [0.1, 0.15) is 40.3 Å². The summed E-state index contributed by atoms with van der Waals surface area (Å²) < 4.78 is 37.6. The van der Waals surface area contributed by atoms with E-state index in [1.807, 2.05) is 13.8 Å². The molecule has 8 heteroatoms. The molecule has 1 heterocycles. The van der Waals surface area contributed by atoms with Crippen molar-refractivity contribution in [3.63, 3.8) is 0 Å². The molecular weight excluding hydrogens is 347 g/mol. The van der Waals surface area contributed by atoms with E-state index in [1.54, 1.807) is 24.3 Å². The maximum Gasteiger partial charge on any atom is 0.433 e. The van der Waals surface area contributed by atoms with Gasteiger partial charge in [0.05, 0.1) is 16.8 Å². The Morgan fingerprint density at radius 1 is 1.08 bits per heavy atom. The first kappa shape index (κ1) is 19.4. The first-order valence-electron chi connectivity index (χ1n) is 7.90. The number of halogens is 3. The molecule has 5 nitrogen and oxygen atoms in total. The van der Waals surface area contributed by atoms with Gasteiger partial charge in [0.2, 0.25) is 0 Å². The van der Waals surface area contributed by atoms with Gasteiger partial charge in [0, 0.05) is 12.7 Å². The van der Waals surface area contributed by atoms with Crippen molar-refractivity contribution in [3.8, 4) is 0 Å². The van der Waals surface area contributed by atoms with Gasteiger partial charge in [-0.05, 0) is 30.2 Å². The minimum Gasteiger partial charge on any atom is -0.352 e. The molecule has 0 saturated heterocycles. The van der Waals surface area contributed by atoms with Gasteiger partial charge in [-0.25, -0.2) is 0 Å². The number of carbonyl (C=O) groups excluding carboxylic acids is 2. The third-order valence-corrected chi connectivity index (χ3v) is 3.41. The van der Waals surface area contributed by atoms with Gasteiger partial charge in [-0.15, -0.1) is 0 Å². The number of pyridine rings is 1. The summed E-state index contributed by atoms with van der Waals surface area (Å²) in [5.74, 6) is -0.741. The molecule has 0 saturated carbocycles. The van der Waals surface area contributed by atoms with E-state index in [0.29, 0.717) is 6.54 Å². The highest BCUT2D eigenvalue weighted by atomic mass is 19.4. The number of carbonyl (C=O) groups is 2. The summed E-state index contributed by atoms with van der Waals surface area (Å²) in [7, 11) is 0. The Bertz CT molecular complexity index is 787. The average Bonchev–Trinajstić information content (AvgIpc) is 2.59. The lowest BCUT2D eigenvalue weighted by Gasteiger charge is -2.13. The molecule has 1 aromatic heterocycles. The first-order chi connectivity index (χ1) is 12.2. The number of hydrogen-bond acceptors (Lipinski definition) is 3. The van der Waals surface area contributed by atoms with E-state index in [0.717, 1.165) is 18.3 Å². The second-order valence-corrected chi connectivity index (χ2v) is 6.03. The fourth-order valence-corrected chi connectivity index (χ4v) is 2.07. The van der Waals surface area contributed by atoms with Crippen molar-refractivity contribution in [2.45, 2.75) is 20.0 Å². The van der Waals surface area contributed by atoms with Crippen molar-refractivity contribution >= 4 is 17.5 Å². The van der Waals surface area contributed by atoms with Crippen LogP contribution >= 0.6 is 0 Å². The predicted octanol–water partition coefficient (Wildman–Crippen LogP) is 3.74. The van der Waals surface area contributed by atoms with Crippen molar-refractivity contribution in [2.75, 3.05) is 11.9 Å². The molecule has 0 spiro atoms. The first-order valence-corrected chi connectivity index (χ1v) is 7.90. The normalized spacial score (nSPS) is 11.3. The number of anilines is 1. The maximum atomic E-state index is 12.5. The Hall–Kier alpha value is -2.90. The monoisotopic (exact) mass is 365 g/mol. The van der Waals surface area contributed by atoms with E-state index in [9.17, 15) is 22.8 Å². The molecule has 0 atom stereocenters. The van der Waals surface area contributed by atoms with Crippen molar-refractivity contribution in [3.05, 3.63) is 59.4 Å². The van der Waals surface area contributed by atoms with Crippen LogP contribution in [0.2, 0.25) is 0 Å². The summed E-state index contributed by atoms with van der Waals surface area (Å²) in [6.45, 7) is 4.38. The summed E-state index contributed by atoms with van der Waals surface area (Å²) in [5.41, 5.74) is -0.599. The molecule has 0 radical (unpaired) electrons. The second-order valence-electron chi connectivity index (χ2n) is 6.03. The molecule has 138 valence electrons. The average molecular weight is 365 g/mol. The predicted molar refractivity (Wildman–Crippen MR) is 90.8 cm³/mol. The Labute approximate surface area is 148 Å². The van der Waals surface area contributed by atoms with Crippen molar-refractivity contribution in [1.82, 2.24) is 10.3 Å². The van der Waals surface area contributed by atoms with Crippen LogP contribution in [0.4, 0.5) is 18.9 Å². The number of hydrogen-bond donors (Lipinski definition) is 2. The zero-order chi connectivity index (χ0) is 19.3. The highest BCUT2D eigenvalue weighted by molar-refractivity contribution is 6.08. The minimum absolute atomic E-state index is 0.0459. The van der Waals surface area contributed by atoms with Gasteiger partial charge in [-0.2, -0.15) is 13.2 Å². The number of rotatable bonds is 5. The number of aromatic nitrogens is 1. The molecule has 0 bridgehead atoms. The summed E-state index contributed by atoms with van der Waals surface area (Å²) >= 11 is 0. The van der Waals surface area contributed by atoms with Crippen LogP contribution in [0.15, 0.2) is 42.6 Å². The van der Waals surface area contributed by atoms with E-state index in [-0.39, 0.29) is 28.6 Å². The minimum atomic E-state index is -4.57. The number of nitrogens with zero attached hydrogens (tertiary/aromatic N) is 1. The third-order valence-electron chi connectivity index (χ3n) is 3.41. The van der Waals surface area contributed by atoms with E-state index in [4.69, 9.17) is 0 Å². The van der Waals surface area contributed by atoms with Crippen molar-refractivity contribution in [2.24, 2.45) is 5.92 Å². The van der Waals surface area contributed by atoms with Gasteiger partial charge in [0.1, 0.15) is 5.69 Å². The van der Waals surface area contributed by atoms with E-state index in [2.05, 4.69) is 15.6 Å². The molecule has 0 aliphatic carbocycles. The second kappa shape index (κ2) is 7.99. The Kier molecular flexibility index (Phi) is 5.97. The number of para-hydroxylation sites is 1. The van der Waals surface area contributed by atoms with Crippen molar-refractivity contribution in [1.29, 1.82) is 0 Å². The topological polar surface area (TPSA) is 71.1 Å². The molecule has 0 aliphatic heterocycles. The van der Waals surface area contributed by atoms with E-state index in [1.165, 1.54) is 0 Å². The molecule has 2 amide bonds. The zero-order valence-corrected chi connectivity index (χ0v) is 14.2. The van der Waals surface area contributed by atoms with Crippen LogP contribution in [0.3, 0.4) is 0 Å². The summed E-state index contributed by atoms with van der Waals surface area (Å²) in [5, 5.41) is 5.28. The van der Waals surface area contributed by atoms with Gasteiger partial charge in [-0.1, -0.05) is 26.0 Å². The largest absolute Gasteiger partial charge is 0.433 e. The van der Waals surface area contributed by atoms with Gasteiger partial charge < -0.3 is 10.6 Å². The molecule has 26 heavy (non-hydrogen) atoms. The van der Waals surface area contributed by atoms with Crippen LogP contribution in [-0.4, -0.2) is 23.3 Å². The number of alkyl halides is 3. The van der Waals surface area contributed by atoms with Crippen LogP contribution < -0.4 is 10.6 Å². The fraction of sp³-hybridized carbons (Fsp3) is 0.278. The Morgan fingerprint density at radius 2 is 1.77 bits per heavy atom. The van der Waals surface area contributed by atoms with Crippen LogP contribution in [-0.2, 0) is 6.18 Å². The maximum absolute atomic E-state index is 12.5. The van der Waals surface area contributed by atoms with Crippen LogP contribution in [0.5, 0.6) is 0 Å². The molecule has 0 fully saturated rings. The molecule has 0 unspecified atom stereocenters. The highest BCUT2D eigenvalue weighted by Gasteiger charge is 2.32. The Morgan fingerprint density at radius 3 is 2.35 bits per heavy atom. The molecule has 2 N–H and O–H groups in total. The lowest BCUT2D eigenvalue weighted by atomic mass is 10.1. The van der Waals surface area contributed by atoms with E-state index < -0.39 is 17.8 Å². The standard InChI is InChI=1S/C18H18F3N3O2/c1-11(2)9-23-17(26)13-5-3-4-6-14(13)24-16(25)12-7-8-15(22-10-12)18(19,20)21/h3-8,10-11H,9H2,1-2H3,(H,23,26)(H,24,25). The Balaban J connectivity index is 2.15. The lowest BCUT2D eigenvalue weighted by molar-refractivity contribution is -0.141. The molecule has 0 aliphatic rings. The number of nitrogens with one attached hydrogen (secondary N) is 2. The molecule has 1 aromatic carbocycles. The molecule has 2 aromatic rings. The van der Waals surface area contributed by atoms with Gasteiger partial charge in [0.15, 0.2) is 0 Å². The fourth-order valence-electron chi connectivity index (χ4n) is 2.07. The van der Waals surface area contributed by atoms with Crippen LogP contribution in [0.25, 0.3) is 0 Å². The SMILES string of the molecule is CC(C)CNC(=O)c1ccccc1NC(=O)c1ccc(C(F)(F)F)nc1. The number of benzene rings is 1. The molecule has 2 rings (SSSR count). The smallest absolute Gasteiger partial charge is 0.352 e. The lowest BCUT2D eigenvalue weighted by Crippen LogP contribution is -2.28. The van der Waals surface area contributed by atoms with Gasteiger partial charge >= 0.3 is 6.18 Å². The van der Waals surface area contributed by atoms with Crippen LogP contribution in [0, 0.1) is 5.92 Å². The molecular formula is C18H18F3N3O2. The van der Waals surface area contributed by atoms with Gasteiger partial charge in [-0.3, -0.25) is 14.6 Å². The third kappa shape index (κ3) is 5.05. The van der Waals surface area contributed by atoms with Crippen molar-refractivity contribution < 1.29 is 22.8 Å². The summed E-state index contributed by atoms with van der Waals surface area (Å²) in [4.78, 5) is 27.7.